The van der Waals surface area contributed by atoms with E-state index in [2.05, 4.69) is 25.6 Å². The zero-order valence-electron chi connectivity index (χ0n) is 11.0. The summed E-state index contributed by atoms with van der Waals surface area (Å²) in [5, 5.41) is 0.452. The first kappa shape index (κ1) is 16.2. The van der Waals surface area contributed by atoms with Crippen molar-refractivity contribution >= 4 is 37.6 Å². The van der Waals surface area contributed by atoms with E-state index in [9.17, 15) is 8.42 Å². The van der Waals surface area contributed by atoms with Crippen molar-refractivity contribution in [2.45, 2.75) is 11.4 Å². The number of ether oxygens (including phenoxy) is 1. The lowest BCUT2D eigenvalue weighted by Gasteiger charge is -2.08. The summed E-state index contributed by atoms with van der Waals surface area (Å²) in [4.78, 5) is 4.15. The second kappa shape index (κ2) is 6.74. The second-order valence-corrected chi connectivity index (χ2v) is 7.14. The van der Waals surface area contributed by atoms with Gasteiger partial charge in [0.15, 0.2) is 0 Å². The minimum Gasteiger partial charge on any atom is -0.481 e. The molecule has 21 heavy (non-hydrogen) atoms. The maximum atomic E-state index is 12.2. The molecule has 1 aromatic heterocycles. The minimum atomic E-state index is -3.61. The number of halogens is 2. The third-order valence-corrected chi connectivity index (χ3v) is 5.29. The molecule has 0 fully saturated rings. The Balaban J connectivity index is 2.11. The van der Waals surface area contributed by atoms with Crippen LogP contribution in [0.25, 0.3) is 0 Å². The molecule has 0 bridgehead atoms. The van der Waals surface area contributed by atoms with E-state index < -0.39 is 10.0 Å². The SMILES string of the molecule is COc1ccc(CNS(=O)(=O)c2ccc(Cl)c(Br)c2)cn1. The van der Waals surface area contributed by atoms with Crippen LogP contribution in [0.2, 0.25) is 5.02 Å². The number of aromatic nitrogens is 1. The van der Waals surface area contributed by atoms with Crippen LogP contribution in [-0.2, 0) is 16.6 Å². The van der Waals surface area contributed by atoms with Gasteiger partial charge >= 0.3 is 0 Å². The fraction of sp³-hybridized carbons (Fsp3) is 0.154. The molecular weight excluding hydrogens is 380 g/mol. The highest BCUT2D eigenvalue weighted by Crippen LogP contribution is 2.25. The summed E-state index contributed by atoms with van der Waals surface area (Å²) in [6.45, 7) is 0.138. The number of benzene rings is 1. The Morgan fingerprint density at radius 1 is 1.33 bits per heavy atom. The first-order valence-corrected chi connectivity index (χ1v) is 8.51. The summed E-state index contributed by atoms with van der Waals surface area (Å²) in [5.41, 5.74) is 0.729. The molecule has 112 valence electrons. The highest BCUT2D eigenvalue weighted by atomic mass is 79.9. The number of nitrogens with zero attached hydrogens (tertiary/aromatic N) is 1. The van der Waals surface area contributed by atoms with Gasteiger partial charge in [0, 0.05) is 23.3 Å². The van der Waals surface area contributed by atoms with Gasteiger partial charge < -0.3 is 4.74 Å². The highest BCUT2D eigenvalue weighted by Gasteiger charge is 2.15. The van der Waals surface area contributed by atoms with Gasteiger partial charge in [0.25, 0.3) is 0 Å². The minimum absolute atomic E-state index is 0.138. The summed E-state index contributed by atoms with van der Waals surface area (Å²) in [7, 11) is -2.09. The van der Waals surface area contributed by atoms with Gasteiger partial charge in [-0.15, -0.1) is 0 Å². The lowest BCUT2D eigenvalue weighted by Crippen LogP contribution is -2.23. The largest absolute Gasteiger partial charge is 0.481 e. The van der Waals surface area contributed by atoms with Crippen LogP contribution < -0.4 is 9.46 Å². The van der Waals surface area contributed by atoms with Crippen molar-refractivity contribution in [2.24, 2.45) is 0 Å². The summed E-state index contributed by atoms with van der Waals surface area (Å²) < 4.78 is 32.3. The molecule has 1 aromatic carbocycles. The van der Waals surface area contributed by atoms with Crippen LogP contribution in [0.4, 0.5) is 0 Å². The molecule has 8 heteroatoms. The molecule has 0 radical (unpaired) electrons. The molecule has 1 heterocycles. The van der Waals surface area contributed by atoms with Gasteiger partial charge in [0.2, 0.25) is 15.9 Å². The number of hydrogen-bond acceptors (Lipinski definition) is 4. The number of hydrogen-bond donors (Lipinski definition) is 1. The van der Waals surface area contributed by atoms with Crippen LogP contribution in [0.15, 0.2) is 45.9 Å². The Morgan fingerprint density at radius 2 is 2.10 bits per heavy atom. The topological polar surface area (TPSA) is 68.3 Å². The molecule has 0 amide bonds. The number of sulfonamides is 1. The number of pyridine rings is 1. The van der Waals surface area contributed by atoms with Crippen LogP contribution in [-0.4, -0.2) is 20.5 Å². The second-order valence-electron chi connectivity index (χ2n) is 4.11. The van der Waals surface area contributed by atoms with Crippen molar-refractivity contribution in [2.75, 3.05) is 7.11 Å². The molecule has 1 N–H and O–H groups in total. The van der Waals surface area contributed by atoms with Crippen LogP contribution in [0.5, 0.6) is 5.88 Å². The molecule has 0 saturated carbocycles. The molecule has 0 aliphatic carbocycles. The van der Waals surface area contributed by atoms with Crippen molar-refractivity contribution in [1.82, 2.24) is 9.71 Å². The quantitative estimate of drug-likeness (QED) is 0.851. The van der Waals surface area contributed by atoms with Crippen LogP contribution in [0.1, 0.15) is 5.56 Å². The molecule has 0 unspecified atom stereocenters. The van der Waals surface area contributed by atoms with E-state index in [4.69, 9.17) is 16.3 Å². The van der Waals surface area contributed by atoms with Crippen molar-refractivity contribution in [3.63, 3.8) is 0 Å². The molecule has 2 aromatic rings. The van der Waals surface area contributed by atoms with Crippen LogP contribution in [0.3, 0.4) is 0 Å². The molecule has 5 nitrogen and oxygen atoms in total. The van der Waals surface area contributed by atoms with Crippen molar-refractivity contribution < 1.29 is 13.2 Å². The third-order valence-electron chi connectivity index (χ3n) is 2.67. The molecule has 0 saturated heterocycles. The summed E-state index contributed by atoms with van der Waals surface area (Å²) in [5.74, 6) is 0.475. The maximum Gasteiger partial charge on any atom is 0.240 e. The number of nitrogens with one attached hydrogen (secondary N) is 1. The lowest BCUT2D eigenvalue weighted by atomic mass is 10.3. The standard InChI is InChI=1S/C13H12BrClN2O3S/c1-20-13-5-2-9(7-16-13)8-17-21(18,19)10-3-4-12(15)11(14)6-10/h2-7,17H,8H2,1H3. The van der Waals surface area contributed by atoms with Crippen molar-refractivity contribution in [1.29, 1.82) is 0 Å². The zero-order valence-corrected chi connectivity index (χ0v) is 14.2. The van der Waals surface area contributed by atoms with Crippen LogP contribution in [0, 0.1) is 0 Å². The fourth-order valence-electron chi connectivity index (χ4n) is 1.54. The number of rotatable bonds is 5. The number of methoxy groups -OCH3 is 1. The Bertz CT molecular complexity index is 736. The summed E-state index contributed by atoms with van der Waals surface area (Å²) >= 11 is 9.05. The van der Waals surface area contributed by atoms with E-state index in [-0.39, 0.29) is 11.4 Å². The summed E-state index contributed by atoms with van der Waals surface area (Å²) in [6, 6.07) is 7.84. The van der Waals surface area contributed by atoms with Gasteiger partial charge in [0.1, 0.15) is 0 Å². The van der Waals surface area contributed by atoms with Gasteiger partial charge in [-0.25, -0.2) is 18.1 Å². The molecule has 0 aliphatic rings. The van der Waals surface area contributed by atoms with Crippen LogP contribution >= 0.6 is 27.5 Å². The van der Waals surface area contributed by atoms with Gasteiger partial charge in [-0.05, 0) is 39.7 Å². The zero-order chi connectivity index (χ0) is 15.5. The van der Waals surface area contributed by atoms with E-state index in [0.29, 0.717) is 15.4 Å². The van der Waals surface area contributed by atoms with E-state index in [1.165, 1.54) is 25.3 Å². The van der Waals surface area contributed by atoms with Crippen molar-refractivity contribution in [3.8, 4) is 5.88 Å². The maximum absolute atomic E-state index is 12.2. The molecule has 0 atom stereocenters. The highest BCUT2D eigenvalue weighted by molar-refractivity contribution is 9.10. The van der Waals surface area contributed by atoms with Gasteiger partial charge in [-0.2, -0.15) is 0 Å². The molecular formula is C13H12BrClN2O3S. The molecule has 2 rings (SSSR count). The Labute approximate surface area is 136 Å². The normalized spacial score (nSPS) is 11.4. The first-order valence-electron chi connectivity index (χ1n) is 5.86. The van der Waals surface area contributed by atoms with Gasteiger partial charge in [0.05, 0.1) is 17.0 Å². The van der Waals surface area contributed by atoms with E-state index in [1.54, 1.807) is 18.3 Å². The molecule has 0 spiro atoms. The molecule has 0 aliphatic heterocycles. The monoisotopic (exact) mass is 390 g/mol. The summed E-state index contributed by atoms with van der Waals surface area (Å²) in [6.07, 6.45) is 1.55. The Kier molecular flexibility index (Phi) is 5.21. The Hall–Kier alpha value is -1.15. The van der Waals surface area contributed by atoms with E-state index >= 15 is 0 Å². The average molecular weight is 392 g/mol. The lowest BCUT2D eigenvalue weighted by molar-refractivity contribution is 0.397. The van der Waals surface area contributed by atoms with Gasteiger partial charge in [-0.1, -0.05) is 17.7 Å². The predicted molar refractivity (Wildman–Crippen MR) is 84.0 cm³/mol. The van der Waals surface area contributed by atoms with E-state index in [0.717, 1.165) is 5.56 Å². The third kappa shape index (κ3) is 4.16. The van der Waals surface area contributed by atoms with E-state index in [1.807, 2.05) is 0 Å². The Morgan fingerprint density at radius 3 is 2.67 bits per heavy atom. The smallest absolute Gasteiger partial charge is 0.240 e. The first-order chi connectivity index (χ1) is 9.92. The fourth-order valence-corrected chi connectivity index (χ4v) is 3.23. The predicted octanol–water partition coefficient (Wildman–Crippen LogP) is 2.98. The van der Waals surface area contributed by atoms with Crippen molar-refractivity contribution in [3.05, 3.63) is 51.6 Å². The average Bonchev–Trinajstić information content (AvgIpc) is 2.48. The van der Waals surface area contributed by atoms with Gasteiger partial charge in [-0.3, -0.25) is 0 Å².